The number of thiazole rings is 2. The van der Waals surface area contributed by atoms with Gasteiger partial charge in [0, 0.05) is 43.9 Å². The van der Waals surface area contributed by atoms with Gasteiger partial charge in [-0.1, -0.05) is 92.1 Å². The maximum absolute atomic E-state index is 6.08. The van der Waals surface area contributed by atoms with Gasteiger partial charge in [-0.15, -0.1) is 22.7 Å². The number of aryl methyl sites for hydroxylation is 1. The molecule has 1 aliphatic rings. The Balaban J connectivity index is 1.13. The summed E-state index contributed by atoms with van der Waals surface area (Å²) in [4.78, 5) is 13.3. The van der Waals surface area contributed by atoms with Crippen molar-refractivity contribution in [1.29, 1.82) is 0 Å². The minimum absolute atomic E-state index is 0.830. The SMILES string of the molecule is C=C/C(=C\C=C(/C)N(C(=C)/C=C\C(=C/C)c1nc2ccccc2s1)c1ccc(-c2ccc3oc4ccccc4c3c2)cc1)c1nc2c(s1)CCC=C2. The minimum Gasteiger partial charge on any atom is -0.456 e. The first-order valence-corrected chi connectivity index (χ1v) is 19.0. The third kappa shape index (κ3) is 6.55. The standard InChI is InChI=1S/C46H37N3OS2/c1-5-32(45-47-39-14-8-11-17-43(39)51-45)21-19-30(3)49(31(4)20-22-33(6-2)46-48-40-15-9-12-18-44(40)52-46)36-26-23-34(24-27-36)35-25-28-42-38(29-35)37-13-7-10-16-41(37)50-42/h5-10,12-16,18-29H,1,4,11,17H2,2-3H3/b22-20-,30-19+,32-21+,33-6+. The molecule has 6 heteroatoms. The molecule has 0 saturated heterocycles. The highest BCUT2D eigenvalue weighted by Gasteiger charge is 2.16. The Morgan fingerprint density at radius 2 is 1.58 bits per heavy atom. The van der Waals surface area contributed by atoms with Crippen LogP contribution in [0.3, 0.4) is 0 Å². The predicted molar refractivity (Wildman–Crippen MR) is 225 cm³/mol. The topological polar surface area (TPSA) is 42.2 Å². The minimum atomic E-state index is 0.830. The number of fused-ring (bicyclic) bond motifs is 5. The molecule has 4 aromatic carbocycles. The summed E-state index contributed by atoms with van der Waals surface area (Å²) < 4.78 is 7.25. The Hall–Kier alpha value is -5.82. The highest BCUT2D eigenvalue weighted by atomic mass is 32.1. The van der Waals surface area contributed by atoms with Crippen LogP contribution in [0.25, 0.3) is 60.5 Å². The van der Waals surface area contributed by atoms with Crippen LogP contribution in [-0.2, 0) is 6.42 Å². The summed E-state index contributed by atoms with van der Waals surface area (Å²) in [5.41, 5.74) is 11.0. The molecule has 0 N–H and O–H groups in total. The Bertz CT molecular complexity index is 2610. The average Bonchev–Trinajstić information content (AvgIpc) is 3.91. The smallest absolute Gasteiger partial charge is 0.135 e. The number of anilines is 1. The maximum Gasteiger partial charge on any atom is 0.135 e. The van der Waals surface area contributed by atoms with Gasteiger partial charge in [0.2, 0.25) is 0 Å². The van der Waals surface area contributed by atoms with Crippen molar-refractivity contribution in [2.75, 3.05) is 4.90 Å². The lowest BCUT2D eigenvalue weighted by atomic mass is 10.0. The molecule has 52 heavy (non-hydrogen) atoms. The van der Waals surface area contributed by atoms with Crippen molar-refractivity contribution < 1.29 is 4.42 Å². The van der Waals surface area contributed by atoms with Crippen molar-refractivity contribution in [3.8, 4) is 11.1 Å². The number of aromatic nitrogens is 2. The number of allylic oxidation sites excluding steroid dienone is 10. The Morgan fingerprint density at radius 3 is 2.38 bits per heavy atom. The van der Waals surface area contributed by atoms with Crippen molar-refractivity contribution in [3.63, 3.8) is 0 Å². The summed E-state index contributed by atoms with van der Waals surface area (Å²) in [6.45, 7) is 12.9. The van der Waals surface area contributed by atoms with Gasteiger partial charge in [0.05, 0.1) is 15.9 Å². The maximum atomic E-state index is 6.08. The number of hydrogen-bond acceptors (Lipinski definition) is 6. The van der Waals surface area contributed by atoms with Gasteiger partial charge in [-0.3, -0.25) is 0 Å². The van der Waals surface area contributed by atoms with Crippen LogP contribution in [0.5, 0.6) is 0 Å². The second-order valence-corrected chi connectivity index (χ2v) is 14.8. The quantitative estimate of drug-likeness (QED) is 0.132. The molecule has 0 bridgehead atoms. The van der Waals surface area contributed by atoms with Crippen molar-refractivity contribution in [1.82, 2.24) is 9.97 Å². The zero-order valence-corrected chi connectivity index (χ0v) is 30.8. The predicted octanol–water partition coefficient (Wildman–Crippen LogP) is 13.4. The lowest BCUT2D eigenvalue weighted by Gasteiger charge is -2.26. The highest BCUT2D eigenvalue weighted by molar-refractivity contribution is 7.19. The fourth-order valence-corrected chi connectivity index (χ4v) is 8.67. The Morgan fingerprint density at radius 1 is 0.808 bits per heavy atom. The van der Waals surface area contributed by atoms with E-state index < -0.39 is 0 Å². The van der Waals surface area contributed by atoms with Crippen LogP contribution in [0.4, 0.5) is 5.69 Å². The average molecular weight is 712 g/mol. The fourth-order valence-electron chi connectivity index (χ4n) is 6.57. The summed E-state index contributed by atoms with van der Waals surface area (Å²) in [5, 5.41) is 4.21. The van der Waals surface area contributed by atoms with Crippen molar-refractivity contribution >= 4 is 77.7 Å². The first-order valence-electron chi connectivity index (χ1n) is 17.4. The molecular formula is C46H37N3OS2. The van der Waals surface area contributed by atoms with Crippen LogP contribution in [0.15, 0.2) is 162 Å². The van der Waals surface area contributed by atoms with Crippen molar-refractivity contribution in [2.45, 2.75) is 26.7 Å². The van der Waals surface area contributed by atoms with E-state index in [1.807, 2.05) is 31.2 Å². The molecule has 1 aliphatic carbocycles. The summed E-state index contributed by atoms with van der Waals surface area (Å²) in [7, 11) is 0. The molecule has 3 aromatic heterocycles. The lowest BCUT2D eigenvalue weighted by Crippen LogP contribution is -2.18. The van der Waals surface area contributed by atoms with E-state index >= 15 is 0 Å². The molecule has 254 valence electrons. The van der Waals surface area contributed by atoms with E-state index in [1.165, 1.54) is 9.58 Å². The second-order valence-electron chi connectivity index (χ2n) is 12.6. The van der Waals surface area contributed by atoms with E-state index in [2.05, 4.69) is 140 Å². The van der Waals surface area contributed by atoms with Gasteiger partial charge < -0.3 is 9.32 Å². The van der Waals surface area contributed by atoms with Crippen molar-refractivity contribution in [2.24, 2.45) is 0 Å². The molecule has 7 aromatic rings. The molecule has 3 heterocycles. The van der Waals surface area contributed by atoms with Gasteiger partial charge in [0.15, 0.2) is 0 Å². The van der Waals surface area contributed by atoms with Gasteiger partial charge in [0.25, 0.3) is 0 Å². The number of benzene rings is 4. The Labute approximate surface area is 312 Å². The van der Waals surface area contributed by atoms with Gasteiger partial charge in [0.1, 0.15) is 21.2 Å². The van der Waals surface area contributed by atoms with Gasteiger partial charge in [-0.2, -0.15) is 0 Å². The van der Waals surface area contributed by atoms with E-state index in [9.17, 15) is 0 Å². The fraction of sp³-hybridized carbons (Fsp3) is 0.0870. The van der Waals surface area contributed by atoms with E-state index in [4.69, 9.17) is 14.4 Å². The molecule has 0 atom stereocenters. The van der Waals surface area contributed by atoms with Crippen LogP contribution in [-0.4, -0.2) is 9.97 Å². The number of hydrogen-bond donors (Lipinski definition) is 0. The van der Waals surface area contributed by atoms with E-state index in [0.29, 0.717) is 0 Å². The summed E-state index contributed by atoms with van der Waals surface area (Å²) in [6.07, 6.45) is 18.8. The summed E-state index contributed by atoms with van der Waals surface area (Å²) in [5.74, 6) is 0. The monoisotopic (exact) mass is 711 g/mol. The molecule has 8 rings (SSSR count). The Kier molecular flexibility index (Phi) is 9.25. The van der Waals surface area contributed by atoms with E-state index in [-0.39, 0.29) is 0 Å². The number of para-hydroxylation sites is 2. The molecule has 0 radical (unpaired) electrons. The third-order valence-corrected chi connectivity index (χ3v) is 11.6. The van der Waals surface area contributed by atoms with Gasteiger partial charge in [-0.25, -0.2) is 9.97 Å². The first kappa shape index (κ1) is 33.3. The summed E-state index contributed by atoms with van der Waals surface area (Å²) >= 11 is 3.45. The first-order chi connectivity index (χ1) is 25.5. The number of rotatable bonds is 10. The molecule has 4 nitrogen and oxygen atoms in total. The van der Waals surface area contributed by atoms with Crippen LogP contribution in [0, 0.1) is 0 Å². The lowest BCUT2D eigenvalue weighted by molar-refractivity contribution is 0.669. The normalized spacial score (nSPS) is 13.8. The van der Waals surface area contributed by atoms with Crippen LogP contribution in [0.2, 0.25) is 0 Å². The molecule has 0 unspecified atom stereocenters. The zero-order chi connectivity index (χ0) is 35.6. The molecular weight excluding hydrogens is 675 g/mol. The van der Waals surface area contributed by atoms with Crippen LogP contribution >= 0.6 is 22.7 Å². The number of nitrogens with zero attached hydrogens (tertiary/aromatic N) is 3. The summed E-state index contributed by atoms with van der Waals surface area (Å²) in [6, 6.07) is 31.5. The van der Waals surface area contributed by atoms with Gasteiger partial charge >= 0.3 is 0 Å². The van der Waals surface area contributed by atoms with Crippen molar-refractivity contribution in [3.05, 3.63) is 179 Å². The van der Waals surface area contributed by atoms with Crippen LogP contribution < -0.4 is 4.90 Å². The molecule has 0 spiro atoms. The molecule has 0 fully saturated rings. The van der Waals surface area contributed by atoms with E-state index in [1.54, 1.807) is 22.7 Å². The molecule has 0 saturated carbocycles. The van der Waals surface area contributed by atoms with E-state index in [0.717, 1.165) is 95.4 Å². The number of furan rings is 1. The third-order valence-electron chi connectivity index (χ3n) is 9.29. The second kappa shape index (κ2) is 14.4. The van der Waals surface area contributed by atoms with Gasteiger partial charge in [-0.05, 0) is 98.5 Å². The zero-order valence-electron chi connectivity index (χ0n) is 29.2. The van der Waals surface area contributed by atoms with Crippen LogP contribution in [0.1, 0.15) is 40.9 Å². The largest absolute Gasteiger partial charge is 0.456 e. The molecule has 0 amide bonds. The highest BCUT2D eigenvalue weighted by Crippen LogP contribution is 2.35. The molecule has 0 aliphatic heterocycles.